The maximum absolute atomic E-state index is 12.8. The summed E-state index contributed by atoms with van der Waals surface area (Å²) in [7, 11) is 0. The van der Waals surface area contributed by atoms with Gasteiger partial charge in [-0.25, -0.2) is 9.18 Å². The van der Waals surface area contributed by atoms with E-state index in [2.05, 4.69) is 5.32 Å². The molecule has 0 aliphatic rings. The average Bonchev–Trinajstić information content (AvgIpc) is 2.57. The topological polar surface area (TPSA) is 64.6 Å². The molecule has 24 heavy (non-hydrogen) atoms. The molecule has 2 rings (SSSR count). The second-order valence-electron chi connectivity index (χ2n) is 4.97. The first-order chi connectivity index (χ1) is 11.5. The van der Waals surface area contributed by atoms with Gasteiger partial charge in [0, 0.05) is 5.69 Å². The molecular formula is C18H18FNO4. The van der Waals surface area contributed by atoms with E-state index in [1.54, 1.807) is 31.2 Å². The number of esters is 1. The first-order valence-electron chi connectivity index (χ1n) is 7.50. The van der Waals surface area contributed by atoms with Crippen molar-refractivity contribution in [1.82, 2.24) is 0 Å². The summed E-state index contributed by atoms with van der Waals surface area (Å²) in [5, 5.41) is 2.55. The molecule has 6 heteroatoms. The molecule has 5 nitrogen and oxygen atoms in total. The molecule has 0 aromatic heterocycles. The van der Waals surface area contributed by atoms with Gasteiger partial charge in [-0.15, -0.1) is 0 Å². The number of nitrogens with one attached hydrogen (secondary N) is 1. The fourth-order valence-electron chi connectivity index (χ4n) is 1.97. The third kappa shape index (κ3) is 4.55. The summed E-state index contributed by atoms with van der Waals surface area (Å²) < 4.78 is 23.4. The summed E-state index contributed by atoms with van der Waals surface area (Å²) in [4.78, 5) is 24.3. The van der Waals surface area contributed by atoms with E-state index in [0.29, 0.717) is 18.0 Å². The molecular weight excluding hydrogens is 313 g/mol. The zero-order valence-corrected chi connectivity index (χ0v) is 13.4. The second kappa shape index (κ2) is 8.10. The van der Waals surface area contributed by atoms with Gasteiger partial charge in [0.2, 0.25) is 0 Å². The molecule has 0 aliphatic carbocycles. The second-order valence-corrected chi connectivity index (χ2v) is 4.97. The van der Waals surface area contributed by atoms with Crippen LogP contribution in [0.3, 0.4) is 0 Å². The Balaban J connectivity index is 2.00. The minimum atomic E-state index is -1.02. The SMILES string of the molecule is CCOc1ccccc1C(=O)O[C@@H](C)C(=O)Nc1ccc(F)cc1. The van der Waals surface area contributed by atoms with Gasteiger partial charge in [0.25, 0.3) is 5.91 Å². The van der Waals surface area contributed by atoms with Crippen molar-refractivity contribution in [1.29, 1.82) is 0 Å². The minimum absolute atomic E-state index is 0.251. The summed E-state index contributed by atoms with van der Waals surface area (Å²) in [6.45, 7) is 3.67. The van der Waals surface area contributed by atoms with E-state index in [1.807, 2.05) is 0 Å². The fraction of sp³-hybridized carbons (Fsp3) is 0.222. The number of hydrogen-bond donors (Lipinski definition) is 1. The van der Waals surface area contributed by atoms with Crippen LogP contribution in [0, 0.1) is 5.82 Å². The third-order valence-electron chi connectivity index (χ3n) is 3.17. The predicted octanol–water partition coefficient (Wildman–Crippen LogP) is 3.41. The number of ether oxygens (including phenoxy) is 2. The zero-order chi connectivity index (χ0) is 17.5. The van der Waals surface area contributed by atoms with Crippen molar-refractivity contribution in [3.8, 4) is 5.75 Å². The van der Waals surface area contributed by atoms with E-state index in [9.17, 15) is 14.0 Å². The van der Waals surface area contributed by atoms with Crippen LogP contribution in [0.15, 0.2) is 48.5 Å². The van der Waals surface area contributed by atoms with Gasteiger partial charge < -0.3 is 14.8 Å². The maximum atomic E-state index is 12.8. The van der Waals surface area contributed by atoms with Crippen LogP contribution in [0.25, 0.3) is 0 Å². The molecule has 0 bridgehead atoms. The molecule has 0 unspecified atom stereocenters. The van der Waals surface area contributed by atoms with E-state index in [4.69, 9.17) is 9.47 Å². The largest absolute Gasteiger partial charge is 0.493 e. The smallest absolute Gasteiger partial charge is 0.342 e. The Morgan fingerprint density at radius 1 is 1.12 bits per heavy atom. The van der Waals surface area contributed by atoms with Crippen LogP contribution in [-0.4, -0.2) is 24.6 Å². The lowest BCUT2D eigenvalue weighted by Crippen LogP contribution is -2.30. The third-order valence-corrected chi connectivity index (χ3v) is 3.17. The van der Waals surface area contributed by atoms with Crippen LogP contribution in [0.1, 0.15) is 24.2 Å². The normalized spacial score (nSPS) is 11.5. The Bertz CT molecular complexity index is 715. The number of hydrogen-bond acceptors (Lipinski definition) is 4. The molecule has 0 aliphatic heterocycles. The molecule has 0 saturated carbocycles. The van der Waals surface area contributed by atoms with E-state index < -0.39 is 23.8 Å². The van der Waals surface area contributed by atoms with Crippen molar-refractivity contribution in [2.75, 3.05) is 11.9 Å². The van der Waals surface area contributed by atoms with Gasteiger partial charge in [-0.2, -0.15) is 0 Å². The Morgan fingerprint density at radius 3 is 2.46 bits per heavy atom. The molecule has 0 fully saturated rings. The molecule has 126 valence electrons. The lowest BCUT2D eigenvalue weighted by molar-refractivity contribution is -0.123. The number of benzene rings is 2. The first-order valence-corrected chi connectivity index (χ1v) is 7.50. The monoisotopic (exact) mass is 331 g/mol. The van der Waals surface area contributed by atoms with Crippen LogP contribution in [0.4, 0.5) is 10.1 Å². The standard InChI is InChI=1S/C18H18FNO4/c1-3-23-16-7-5-4-6-15(16)18(22)24-12(2)17(21)20-14-10-8-13(19)9-11-14/h4-12H,3H2,1-2H3,(H,20,21)/t12-/m0/s1. The Morgan fingerprint density at radius 2 is 1.79 bits per heavy atom. The van der Waals surface area contributed by atoms with Gasteiger partial charge in [0.15, 0.2) is 6.10 Å². The quantitative estimate of drug-likeness (QED) is 0.824. The van der Waals surface area contributed by atoms with Gasteiger partial charge in [0.05, 0.1) is 6.61 Å². The average molecular weight is 331 g/mol. The van der Waals surface area contributed by atoms with Crippen molar-refractivity contribution in [2.45, 2.75) is 20.0 Å². The Labute approximate surface area is 139 Å². The molecule has 1 amide bonds. The van der Waals surface area contributed by atoms with Gasteiger partial charge in [-0.05, 0) is 50.2 Å². The van der Waals surface area contributed by atoms with E-state index in [1.165, 1.54) is 31.2 Å². The van der Waals surface area contributed by atoms with Crippen molar-refractivity contribution in [2.24, 2.45) is 0 Å². The van der Waals surface area contributed by atoms with E-state index >= 15 is 0 Å². The van der Waals surface area contributed by atoms with Crippen molar-refractivity contribution >= 4 is 17.6 Å². The van der Waals surface area contributed by atoms with Gasteiger partial charge >= 0.3 is 5.97 Å². The highest BCUT2D eigenvalue weighted by Gasteiger charge is 2.21. The van der Waals surface area contributed by atoms with E-state index in [0.717, 1.165) is 0 Å². The van der Waals surface area contributed by atoms with Crippen LogP contribution in [0.5, 0.6) is 5.75 Å². The number of carbonyl (C=O) groups is 2. The van der Waals surface area contributed by atoms with Crippen molar-refractivity contribution in [3.05, 3.63) is 59.9 Å². The molecule has 1 N–H and O–H groups in total. The van der Waals surface area contributed by atoms with Crippen LogP contribution >= 0.6 is 0 Å². The molecule has 0 radical (unpaired) electrons. The molecule has 0 heterocycles. The fourth-order valence-corrected chi connectivity index (χ4v) is 1.97. The molecule has 0 spiro atoms. The zero-order valence-electron chi connectivity index (χ0n) is 13.4. The molecule has 2 aromatic rings. The minimum Gasteiger partial charge on any atom is -0.493 e. The summed E-state index contributed by atoms with van der Waals surface area (Å²) in [6.07, 6.45) is -1.02. The highest BCUT2D eigenvalue weighted by Crippen LogP contribution is 2.19. The number of amides is 1. The Hall–Kier alpha value is -2.89. The van der Waals surface area contributed by atoms with Gasteiger partial charge in [-0.1, -0.05) is 12.1 Å². The lowest BCUT2D eigenvalue weighted by Gasteiger charge is -2.15. The molecule has 1 atom stereocenters. The maximum Gasteiger partial charge on any atom is 0.342 e. The Kier molecular flexibility index (Phi) is 5.89. The molecule has 0 saturated heterocycles. The predicted molar refractivity (Wildman–Crippen MR) is 87.5 cm³/mol. The molecule has 2 aromatic carbocycles. The number of para-hydroxylation sites is 1. The highest BCUT2D eigenvalue weighted by atomic mass is 19.1. The van der Waals surface area contributed by atoms with Crippen LogP contribution < -0.4 is 10.1 Å². The number of halogens is 1. The van der Waals surface area contributed by atoms with Crippen LogP contribution in [-0.2, 0) is 9.53 Å². The van der Waals surface area contributed by atoms with Crippen molar-refractivity contribution < 1.29 is 23.5 Å². The number of rotatable bonds is 6. The van der Waals surface area contributed by atoms with E-state index in [-0.39, 0.29) is 5.56 Å². The van der Waals surface area contributed by atoms with Gasteiger partial charge in [0.1, 0.15) is 17.1 Å². The van der Waals surface area contributed by atoms with Crippen molar-refractivity contribution in [3.63, 3.8) is 0 Å². The summed E-state index contributed by atoms with van der Waals surface area (Å²) in [5.74, 6) is -1.17. The summed E-state index contributed by atoms with van der Waals surface area (Å²) in [5.41, 5.74) is 0.666. The number of anilines is 1. The summed E-state index contributed by atoms with van der Waals surface area (Å²) >= 11 is 0. The van der Waals surface area contributed by atoms with Crippen LogP contribution in [0.2, 0.25) is 0 Å². The highest BCUT2D eigenvalue weighted by molar-refractivity contribution is 5.98. The number of carbonyl (C=O) groups excluding carboxylic acids is 2. The summed E-state index contributed by atoms with van der Waals surface area (Å²) in [6, 6.07) is 11.9. The first kappa shape index (κ1) is 17.5. The lowest BCUT2D eigenvalue weighted by atomic mass is 10.2. The van der Waals surface area contributed by atoms with Gasteiger partial charge in [-0.3, -0.25) is 4.79 Å².